The van der Waals surface area contributed by atoms with E-state index in [4.69, 9.17) is 0 Å². The summed E-state index contributed by atoms with van der Waals surface area (Å²) in [6, 6.07) is 20.4. The highest BCUT2D eigenvalue weighted by Crippen LogP contribution is 2.27. The zero-order chi connectivity index (χ0) is 18.6. The third-order valence-corrected chi connectivity index (χ3v) is 5.35. The van der Waals surface area contributed by atoms with Crippen molar-refractivity contribution in [2.24, 2.45) is 7.05 Å². The largest absolute Gasteiger partial charge is 0.342 e. The molecule has 0 saturated carbocycles. The molecule has 1 aliphatic heterocycles. The van der Waals surface area contributed by atoms with Crippen LogP contribution >= 0.6 is 0 Å². The van der Waals surface area contributed by atoms with Gasteiger partial charge in [-0.15, -0.1) is 10.2 Å². The molecule has 2 aromatic carbocycles. The number of likely N-dealkylation sites (tertiary alicyclic amines) is 1. The second kappa shape index (κ2) is 7.74. The predicted molar refractivity (Wildman–Crippen MR) is 105 cm³/mol. The molecule has 138 valence electrons. The first-order valence-corrected chi connectivity index (χ1v) is 9.49. The van der Waals surface area contributed by atoms with Crippen LogP contribution in [0.15, 0.2) is 60.7 Å². The Bertz CT molecular complexity index is 905. The van der Waals surface area contributed by atoms with E-state index >= 15 is 0 Å². The van der Waals surface area contributed by atoms with Crippen molar-refractivity contribution in [3.05, 3.63) is 72.1 Å². The van der Waals surface area contributed by atoms with E-state index in [1.165, 1.54) is 5.56 Å². The van der Waals surface area contributed by atoms with Crippen LogP contribution in [0.3, 0.4) is 0 Å². The van der Waals surface area contributed by atoms with Gasteiger partial charge in [-0.25, -0.2) is 0 Å². The summed E-state index contributed by atoms with van der Waals surface area (Å²) in [5.74, 6) is 2.05. The number of hydrogen-bond acceptors (Lipinski definition) is 3. The maximum Gasteiger partial charge on any atom is 0.230 e. The molecule has 0 N–H and O–H groups in total. The SMILES string of the molecule is Cn1c(CC(=O)N2CCCC(c3ccccc3)C2)nnc1-c1ccccc1. The average molecular weight is 360 g/mol. The Hall–Kier alpha value is -2.95. The Labute approximate surface area is 159 Å². The number of piperidine rings is 1. The van der Waals surface area contributed by atoms with Gasteiger partial charge in [0.2, 0.25) is 5.91 Å². The van der Waals surface area contributed by atoms with Crippen LogP contribution in [0.25, 0.3) is 11.4 Å². The topological polar surface area (TPSA) is 51.0 Å². The molecule has 1 aromatic heterocycles. The summed E-state index contributed by atoms with van der Waals surface area (Å²) in [5, 5.41) is 8.56. The Balaban J connectivity index is 1.46. The van der Waals surface area contributed by atoms with E-state index in [1.54, 1.807) is 0 Å². The summed E-state index contributed by atoms with van der Waals surface area (Å²) in [4.78, 5) is 14.9. The molecule has 3 aromatic rings. The molecule has 0 radical (unpaired) electrons. The average Bonchev–Trinajstić information content (AvgIpc) is 3.09. The van der Waals surface area contributed by atoms with Gasteiger partial charge in [0.05, 0.1) is 6.42 Å². The minimum Gasteiger partial charge on any atom is -0.342 e. The summed E-state index contributed by atoms with van der Waals surface area (Å²) >= 11 is 0. The van der Waals surface area contributed by atoms with Crippen molar-refractivity contribution in [1.82, 2.24) is 19.7 Å². The summed E-state index contributed by atoms with van der Waals surface area (Å²) in [6.07, 6.45) is 2.47. The fourth-order valence-corrected chi connectivity index (χ4v) is 3.80. The van der Waals surface area contributed by atoms with Crippen LogP contribution in [0, 0.1) is 0 Å². The van der Waals surface area contributed by atoms with Crippen LogP contribution in [-0.4, -0.2) is 38.7 Å². The van der Waals surface area contributed by atoms with E-state index < -0.39 is 0 Å². The zero-order valence-electron chi connectivity index (χ0n) is 15.6. The van der Waals surface area contributed by atoms with E-state index in [0.29, 0.717) is 11.7 Å². The molecule has 5 nitrogen and oxygen atoms in total. The molecule has 1 amide bonds. The molecule has 1 aliphatic rings. The molecule has 1 unspecified atom stereocenters. The number of nitrogens with zero attached hydrogens (tertiary/aromatic N) is 4. The van der Waals surface area contributed by atoms with Crippen molar-refractivity contribution in [1.29, 1.82) is 0 Å². The minimum atomic E-state index is 0.130. The molecule has 5 heteroatoms. The molecule has 1 fully saturated rings. The molecule has 1 atom stereocenters. The van der Waals surface area contributed by atoms with Crippen LogP contribution in [-0.2, 0) is 18.3 Å². The standard InChI is InChI=1S/C22H24N4O/c1-25-20(23-24-22(25)18-11-6-3-7-12-18)15-21(27)26-14-8-13-19(16-26)17-9-4-2-5-10-17/h2-7,9-12,19H,8,13-16H2,1H3. The maximum absolute atomic E-state index is 12.9. The Kier molecular flexibility index (Phi) is 5.01. The first kappa shape index (κ1) is 17.5. The number of rotatable bonds is 4. The van der Waals surface area contributed by atoms with Crippen LogP contribution in [0.1, 0.15) is 30.1 Å². The Morgan fingerprint density at radius 3 is 2.48 bits per heavy atom. The van der Waals surface area contributed by atoms with Crippen molar-refractivity contribution in [2.45, 2.75) is 25.2 Å². The van der Waals surface area contributed by atoms with Crippen molar-refractivity contribution < 1.29 is 4.79 Å². The fraction of sp³-hybridized carbons (Fsp3) is 0.318. The van der Waals surface area contributed by atoms with Crippen LogP contribution in [0.4, 0.5) is 0 Å². The molecular weight excluding hydrogens is 336 g/mol. The second-order valence-corrected chi connectivity index (χ2v) is 7.13. The van der Waals surface area contributed by atoms with Crippen LogP contribution < -0.4 is 0 Å². The highest BCUT2D eigenvalue weighted by molar-refractivity contribution is 5.78. The van der Waals surface area contributed by atoms with Crippen molar-refractivity contribution >= 4 is 5.91 Å². The number of amides is 1. The third kappa shape index (κ3) is 3.77. The normalized spacial score (nSPS) is 17.1. The zero-order valence-corrected chi connectivity index (χ0v) is 15.6. The van der Waals surface area contributed by atoms with E-state index in [1.807, 2.05) is 52.9 Å². The lowest BCUT2D eigenvalue weighted by Gasteiger charge is -2.33. The van der Waals surface area contributed by atoms with Gasteiger partial charge >= 0.3 is 0 Å². The molecule has 2 heterocycles. The van der Waals surface area contributed by atoms with Gasteiger partial charge in [-0.1, -0.05) is 60.7 Å². The summed E-state index contributed by atoms with van der Waals surface area (Å²) < 4.78 is 1.92. The number of benzene rings is 2. The first-order valence-electron chi connectivity index (χ1n) is 9.49. The highest BCUT2D eigenvalue weighted by atomic mass is 16.2. The quantitative estimate of drug-likeness (QED) is 0.716. The molecule has 0 spiro atoms. The van der Waals surface area contributed by atoms with E-state index in [2.05, 4.69) is 34.5 Å². The first-order chi connectivity index (χ1) is 13.2. The van der Waals surface area contributed by atoms with Crippen LogP contribution in [0.5, 0.6) is 0 Å². The molecule has 27 heavy (non-hydrogen) atoms. The van der Waals surface area contributed by atoms with Gasteiger partial charge < -0.3 is 9.47 Å². The van der Waals surface area contributed by atoms with Gasteiger partial charge in [-0.2, -0.15) is 0 Å². The Morgan fingerprint density at radius 2 is 1.74 bits per heavy atom. The third-order valence-electron chi connectivity index (χ3n) is 5.35. The molecule has 4 rings (SSSR count). The van der Waals surface area contributed by atoms with Crippen molar-refractivity contribution in [3.63, 3.8) is 0 Å². The summed E-state index contributed by atoms with van der Waals surface area (Å²) in [5.41, 5.74) is 2.33. The second-order valence-electron chi connectivity index (χ2n) is 7.13. The molecule has 0 aliphatic carbocycles. The van der Waals surface area contributed by atoms with E-state index in [-0.39, 0.29) is 12.3 Å². The number of carbonyl (C=O) groups excluding carboxylic acids is 1. The lowest BCUT2D eigenvalue weighted by Crippen LogP contribution is -2.40. The Morgan fingerprint density at radius 1 is 1.04 bits per heavy atom. The predicted octanol–water partition coefficient (Wildman–Crippen LogP) is 3.43. The number of aromatic nitrogens is 3. The highest BCUT2D eigenvalue weighted by Gasteiger charge is 2.26. The van der Waals surface area contributed by atoms with E-state index in [9.17, 15) is 4.79 Å². The van der Waals surface area contributed by atoms with E-state index in [0.717, 1.165) is 37.3 Å². The fourth-order valence-electron chi connectivity index (χ4n) is 3.80. The smallest absolute Gasteiger partial charge is 0.230 e. The molecular formula is C22H24N4O. The monoisotopic (exact) mass is 360 g/mol. The molecule has 1 saturated heterocycles. The summed E-state index contributed by atoms with van der Waals surface area (Å²) in [7, 11) is 1.92. The van der Waals surface area contributed by atoms with Gasteiger partial charge in [0.1, 0.15) is 5.82 Å². The number of hydrogen-bond donors (Lipinski definition) is 0. The maximum atomic E-state index is 12.9. The van der Waals surface area contributed by atoms with Gasteiger partial charge in [0.15, 0.2) is 5.82 Å². The van der Waals surface area contributed by atoms with Gasteiger partial charge in [0.25, 0.3) is 0 Å². The number of carbonyl (C=O) groups is 1. The van der Waals surface area contributed by atoms with Gasteiger partial charge in [-0.3, -0.25) is 4.79 Å². The van der Waals surface area contributed by atoms with Crippen molar-refractivity contribution in [2.75, 3.05) is 13.1 Å². The van der Waals surface area contributed by atoms with Gasteiger partial charge in [0, 0.05) is 31.6 Å². The summed E-state index contributed by atoms with van der Waals surface area (Å²) in [6.45, 7) is 1.61. The van der Waals surface area contributed by atoms with Crippen LogP contribution in [0.2, 0.25) is 0 Å². The molecule has 0 bridgehead atoms. The lowest BCUT2D eigenvalue weighted by atomic mass is 9.90. The minimum absolute atomic E-state index is 0.130. The lowest BCUT2D eigenvalue weighted by molar-refractivity contribution is -0.131. The van der Waals surface area contributed by atoms with Crippen molar-refractivity contribution in [3.8, 4) is 11.4 Å². The van der Waals surface area contributed by atoms with Gasteiger partial charge in [-0.05, 0) is 18.4 Å².